The summed E-state index contributed by atoms with van der Waals surface area (Å²) >= 11 is 7.50. The SMILES string of the molecule is CCc1cc2c(NCC(=O)N(C)C)nc(Cl)nc2s1. The minimum atomic E-state index is -0.0196. The zero-order chi connectivity index (χ0) is 14.0. The van der Waals surface area contributed by atoms with E-state index in [-0.39, 0.29) is 17.7 Å². The molecule has 0 unspecified atom stereocenters. The van der Waals surface area contributed by atoms with Crippen LogP contribution in [0.4, 0.5) is 5.82 Å². The molecule has 0 saturated carbocycles. The van der Waals surface area contributed by atoms with Crippen LogP contribution in [0.15, 0.2) is 6.07 Å². The van der Waals surface area contributed by atoms with Crippen molar-refractivity contribution >= 4 is 44.9 Å². The Hall–Kier alpha value is -1.40. The highest BCUT2D eigenvalue weighted by atomic mass is 35.5. The van der Waals surface area contributed by atoms with E-state index in [1.165, 1.54) is 9.78 Å². The van der Waals surface area contributed by atoms with Crippen LogP contribution in [-0.2, 0) is 11.2 Å². The molecule has 19 heavy (non-hydrogen) atoms. The molecule has 0 spiro atoms. The first-order valence-electron chi connectivity index (χ1n) is 5.91. The maximum Gasteiger partial charge on any atom is 0.241 e. The molecule has 0 aliphatic rings. The van der Waals surface area contributed by atoms with E-state index in [1.807, 2.05) is 6.07 Å². The zero-order valence-corrected chi connectivity index (χ0v) is 12.6. The van der Waals surface area contributed by atoms with Gasteiger partial charge in [-0.2, -0.15) is 0 Å². The van der Waals surface area contributed by atoms with Crippen LogP contribution < -0.4 is 5.32 Å². The average Bonchev–Trinajstić information content (AvgIpc) is 2.78. The first-order valence-corrected chi connectivity index (χ1v) is 7.10. The van der Waals surface area contributed by atoms with Gasteiger partial charge >= 0.3 is 0 Å². The topological polar surface area (TPSA) is 58.1 Å². The van der Waals surface area contributed by atoms with Gasteiger partial charge in [-0.25, -0.2) is 9.97 Å². The Kier molecular flexibility index (Phi) is 4.21. The third kappa shape index (κ3) is 3.13. The van der Waals surface area contributed by atoms with Crippen LogP contribution in [0, 0.1) is 0 Å². The molecule has 2 aromatic heterocycles. The zero-order valence-electron chi connectivity index (χ0n) is 11.0. The van der Waals surface area contributed by atoms with Crippen molar-refractivity contribution in [2.45, 2.75) is 13.3 Å². The van der Waals surface area contributed by atoms with Crippen LogP contribution in [0.3, 0.4) is 0 Å². The number of aryl methyl sites for hydroxylation is 1. The number of hydrogen-bond acceptors (Lipinski definition) is 5. The van der Waals surface area contributed by atoms with Gasteiger partial charge in [-0.1, -0.05) is 6.92 Å². The number of aromatic nitrogens is 2. The van der Waals surface area contributed by atoms with Crippen LogP contribution in [0.2, 0.25) is 5.28 Å². The van der Waals surface area contributed by atoms with Crippen LogP contribution >= 0.6 is 22.9 Å². The fraction of sp³-hybridized carbons (Fsp3) is 0.417. The maximum atomic E-state index is 11.6. The number of hydrogen-bond donors (Lipinski definition) is 1. The Morgan fingerprint density at radius 2 is 2.21 bits per heavy atom. The fourth-order valence-electron chi connectivity index (χ4n) is 1.57. The number of carbonyl (C=O) groups excluding carboxylic acids is 1. The van der Waals surface area contributed by atoms with Crippen molar-refractivity contribution < 1.29 is 4.79 Å². The second-order valence-corrected chi connectivity index (χ2v) is 5.72. The Labute approximate surface area is 120 Å². The minimum absolute atomic E-state index is 0.0196. The summed E-state index contributed by atoms with van der Waals surface area (Å²) in [6, 6.07) is 2.04. The van der Waals surface area contributed by atoms with Gasteiger partial charge in [0.1, 0.15) is 10.6 Å². The second kappa shape index (κ2) is 5.71. The molecule has 0 radical (unpaired) electrons. The number of likely N-dealkylation sites (N-methyl/N-ethyl adjacent to an activating group) is 1. The van der Waals surface area contributed by atoms with Gasteiger partial charge < -0.3 is 10.2 Å². The quantitative estimate of drug-likeness (QED) is 0.881. The fourth-order valence-corrected chi connectivity index (χ4v) is 2.76. The summed E-state index contributed by atoms with van der Waals surface area (Å²) in [5.74, 6) is 0.593. The number of thiophene rings is 1. The normalized spacial score (nSPS) is 10.7. The number of nitrogens with one attached hydrogen (secondary N) is 1. The number of anilines is 1. The monoisotopic (exact) mass is 298 g/mol. The summed E-state index contributed by atoms with van der Waals surface area (Å²) in [6.07, 6.45) is 0.939. The molecule has 1 N–H and O–H groups in total. The van der Waals surface area contributed by atoms with E-state index < -0.39 is 0 Å². The summed E-state index contributed by atoms with van der Waals surface area (Å²) in [4.78, 5) is 23.5. The van der Waals surface area contributed by atoms with E-state index in [0.717, 1.165) is 16.6 Å². The summed E-state index contributed by atoms with van der Waals surface area (Å²) in [6.45, 7) is 2.27. The van der Waals surface area contributed by atoms with E-state index >= 15 is 0 Å². The van der Waals surface area contributed by atoms with Crippen molar-refractivity contribution in [3.05, 3.63) is 16.2 Å². The van der Waals surface area contributed by atoms with Crippen LogP contribution in [0.5, 0.6) is 0 Å². The lowest BCUT2D eigenvalue weighted by molar-refractivity contribution is -0.126. The van der Waals surface area contributed by atoms with Gasteiger partial charge in [-0.05, 0) is 24.1 Å². The lowest BCUT2D eigenvalue weighted by atomic mass is 10.3. The number of fused-ring (bicyclic) bond motifs is 1. The smallest absolute Gasteiger partial charge is 0.241 e. The largest absolute Gasteiger partial charge is 0.360 e. The molecule has 1 amide bonds. The van der Waals surface area contributed by atoms with Crippen LogP contribution in [0.25, 0.3) is 10.2 Å². The Balaban J connectivity index is 2.31. The van der Waals surface area contributed by atoms with Gasteiger partial charge in [0, 0.05) is 19.0 Å². The second-order valence-electron chi connectivity index (χ2n) is 4.27. The Morgan fingerprint density at radius 3 is 2.84 bits per heavy atom. The first kappa shape index (κ1) is 14.0. The van der Waals surface area contributed by atoms with Crippen molar-refractivity contribution in [3.8, 4) is 0 Å². The lowest BCUT2D eigenvalue weighted by Crippen LogP contribution is -2.28. The molecule has 5 nitrogen and oxygen atoms in total. The van der Waals surface area contributed by atoms with Crippen molar-refractivity contribution in [1.82, 2.24) is 14.9 Å². The third-order valence-electron chi connectivity index (χ3n) is 2.67. The molecule has 0 aromatic carbocycles. The molecule has 0 bridgehead atoms. The van der Waals surface area contributed by atoms with E-state index in [0.29, 0.717) is 5.82 Å². The molecule has 2 aromatic rings. The molecule has 7 heteroatoms. The molecule has 0 fully saturated rings. The molecule has 0 atom stereocenters. The van der Waals surface area contributed by atoms with Crippen LogP contribution in [-0.4, -0.2) is 41.4 Å². The number of amides is 1. The van der Waals surface area contributed by atoms with Crippen LogP contribution in [0.1, 0.15) is 11.8 Å². The average molecular weight is 299 g/mol. The van der Waals surface area contributed by atoms with Crippen molar-refractivity contribution in [3.63, 3.8) is 0 Å². The highest BCUT2D eigenvalue weighted by molar-refractivity contribution is 7.18. The highest BCUT2D eigenvalue weighted by Crippen LogP contribution is 2.30. The van der Waals surface area contributed by atoms with E-state index in [4.69, 9.17) is 11.6 Å². The van der Waals surface area contributed by atoms with Crippen molar-refractivity contribution in [1.29, 1.82) is 0 Å². The Morgan fingerprint density at radius 1 is 1.47 bits per heavy atom. The summed E-state index contributed by atoms with van der Waals surface area (Å²) in [5.41, 5.74) is 0. The summed E-state index contributed by atoms with van der Waals surface area (Å²) in [5, 5.41) is 4.13. The number of halogens is 1. The summed E-state index contributed by atoms with van der Waals surface area (Å²) in [7, 11) is 3.43. The van der Waals surface area contributed by atoms with Gasteiger partial charge in [-0.15, -0.1) is 11.3 Å². The van der Waals surface area contributed by atoms with Crippen molar-refractivity contribution in [2.24, 2.45) is 0 Å². The predicted molar refractivity (Wildman–Crippen MR) is 79.0 cm³/mol. The van der Waals surface area contributed by atoms with Gasteiger partial charge in [-0.3, -0.25) is 4.79 Å². The molecule has 0 aliphatic heterocycles. The number of nitrogens with zero attached hydrogens (tertiary/aromatic N) is 3. The molecule has 0 aliphatic carbocycles. The van der Waals surface area contributed by atoms with E-state index in [1.54, 1.807) is 25.4 Å². The van der Waals surface area contributed by atoms with Gasteiger partial charge in [0.15, 0.2) is 0 Å². The molecule has 0 saturated heterocycles. The number of rotatable bonds is 4. The predicted octanol–water partition coefficient (Wildman–Crippen LogP) is 2.41. The molecule has 102 valence electrons. The molecule has 2 rings (SSSR count). The van der Waals surface area contributed by atoms with Gasteiger partial charge in [0.05, 0.1) is 11.9 Å². The minimum Gasteiger partial charge on any atom is -0.360 e. The molecular weight excluding hydrogens is 284 g/mol. The third-order valence-corrected chi connectivity index (χ3v) is 4.01. The Bertz CT molecular complexity index is 611. The number of carbonyl (C=O) groups is 1. The van der Waals surface area contributed by atoms with Gasteiger partial charge in [0.2, 0.25) is 11.2 Å². The lowest BCUT2D eigenvalue weighted by Gasteiger charge is -2.11. The van der Waals surface area contributed by atoms with E-state index in [2.05, 4.69) is 22.2 Å². The van der Waals surface area contributed by atoms with E-state index in [9.17, 15) is 4.79 Å². The first-order chi connectivity index (χ1) is 9.01. The maximum absolute atomic E-state index is 11.6. The van der Waals surface area contributed by atoms with Crippen molar-refractivity contribution in [2.75, 3.05) is 26.0 Å². The standard InChI is InChI=1S/C12H15ClN4OS/c1-4-7-5-8-10(14-6-9(18)17(2)3)15-12(13)16-11(8)19-7/h5H,4,6H2,1-3H3,(H,14,15,16). The highest BCUT2D eigenvalue weighted by Gasteiger charge is 2.12. The molecular formula is C12H15ClN4OS. The van der Waals surface area contributed by atoms with Gasteiger partial charge in [0.25, 0.3) is 0 Å². The molecule has 2 heterocycles. The summed E-state index contributed by atoms with van der Waals surface area (Å²) < 4.78 is 0.